The van der Waals surface area contributed by atoms with Crippen LogP contribution in [-0.4, -0.2) is 22.1 Å². The maximum absolute atomic E-state index is 12.0. The van der Waals surface area contributed by atoms with Gasteiger partial charge in [0.1, 0.15) is 5.82 Å². The molecule has 0 spiro atoms. The number of carbonyl (C=O) groups is 1. The first-order valence-corrected chi connectivity index (χ1v) is 6.18. The highest BCUT2D eigenvalue weighted by Crippen LogP contribution is 2.22. The standard InChI is InChI=1S/C14H12F3N3O/c15-14(16,17)7-6-13(21)20-12-5-4-10(9-19-12)11-3-1-2-8-18-11/h1-5,8-9H,6-7H2,(H,19,20,21). The minimum atomic E-state index is -4.34. The van der Waals surface area contributed by atoms with Crippen molar-refractivity contribution in [3.8, 4) is 11.3 Å². The van der Waals surface area contributed by atoms with Crippen LogP contribution in [0.25, 0.3) is 11.3 Å². The zero-order chi connectivity index (χ0) is 15.3. The highest BCUT2D eigenvalue weighted by molar-refractivity contribution is 5.89. The van der Waals surface area contributed by atoms with Crippen LogP contribution in [-0.2, 0) is 4.79 Å². The van der Waals surface area contributed by atoms with E-state index in [4.69, 9.17) is 0 Å². The molecular formula is C14H12F3N3O. The fraction of sp³-hybridized carbons (Fsp3) is 0.214. The molecule has 0 unspecified atom stereocenters. The number of alkyl halides is 3. The lowest BCUT2D eigenvalue weighted by atomic mass is 10.2. The lowest BCUT2D eigenvalue weighted by Gasteiger charge is -2.07. The summed E-state index contributed by atoms with van der Waals surface area (Å²) in [5.41, 5.74) is 1.48. The number of halogens is 3. The van der Waals surface area contributed by atoms with E-state index in [0.29, 0.717) is 0 Å². The molecule has 2 rings (SSSR count). The van der Waals surface area contributed by atoms with Gasteiger partial charge in [0.25, 0.3) is 0 Å². The summed E-state index contributed by atoms with van der Waals surface area (Å²) in [6, 6.07) is 8.63. The van der Waals surface area contributed by atoms with Gasteiger partial charge in [-0.1, -0.05) is 6.07 Å². The molecule has 0 aromatic carbocycles. The van der Waals surface area contributed by atoms with Gasteiger partial charge >= 0.3 is 6.18 Å². The minimum absolute atomic E-state index is 0.210. The molecule has 0 aliphatic rings. The smallest absolute Gasteiger partial charge is 0.311 e. The number of aromatic nitrogens is 2. The molecule has 0 atom stereocenters. The zero-order valence-corrected chi connectivity index (χ0v) is 10.9. The molecule has 0 aliphatic carbocycles. The molecule has 2 heterocycles. The van der Waals surface area contributed by atoms with E-state index in [9.17, 15) is 18.0 Å². The minimum Gasteiger partial charge on any atom is -0.311 e. The van der Waals surface area contributed by atoms with Crippen LogP contribution >= 0.6 is 0 Å². The van der Waals surface area contributed by atoms with Gasteiger partial charge in [0.2, 0.25) is 5.91 Å². The van der Waals surface area contributed by atoms with Crippen LogP contribution in [0.1, 0.15) is 12.8 Å². The van der Waals surface area contributed by atoms with E-state index in [1.165, 1.54) is 12.3 Å². The van der Waals surface area contributed by atoms with Crippen molar-refractivity contribution in [2.24, 2.45) is 0 Å². The summed E-state index contributed by atoms with van der Waals surface area (Å²) in [7, 11) is 0. The van der Waals surface area contributed by atoms with Crippen molar-refractivity contribution in [2.75, 3.05) is 5.32 Å². The molecule has 0 saturated carbocycles. The fourth-order valence-corrected chi connectivity index (χ4v) is 1.61. The van der Waals surface area contributed by atoms with E-state index in [1.807, 2.05) is 6.07 Å². The molecule has 1 N–H and O–H groups in total. The highest BCUT2D eigenvalue weighted by atomic mass is 19.4. The quantitative estimate of drug-likeness (QED) is 0.940. The Balaban J connectivity index is 1.95. The molecule has 2 aromatic rings. The van der Waals surface area contributed by atoms with E-state index in [1.54, 1.807) is 24.4 Å². The van der Waals surface area contributed by atoms with Crippen molar-refractivity contribution in [1.82, 2.24) is 9.97 Å². The molecule has 2 aromatic heterocycles. The Morgan fingerprint density at radius 3 is 2.52 bits per heavy atom. The maximum atomic E-state index is 12.0. The van der Waals surface area contributed by atoms with Crippen LogP contribution in [0.15, 0.2) is 42.7 Å². The van der Waals surface area contributed by atoms with Crippen molar-refractivity contribution in [1.29, 1.82) is 0 Å². The molecule has 7 heteroatoms. The number of hydrogen-bond acceptors (Lipinski definition) is 3. The van der Waals surface area contributed by atoms with Gasteiger partial charge < -0.3 is 5.32 Å². The number of rotatable bonds is 4. The summed E-state index contributed by atoms with van der Waals surface area (Å²) in [5.74, 6) is -0.507. The van der Waals surface area contributed by atoms with Crippen LogP contribution in [0.4, 0.5) is 19.0 Å². The van der Waals surface area contributed by atoms with Crippen LogP contribution in [0.5, 0.6) is 0 Å². The Hall–Kier alpha value is -2.44. The number of nitrogens with one attached hydrogen (secondary N) is 1. The molecule has 0 bridgehead atoms. The van der Waals surface area contributed by atoms with Crippen LogP contribution < -0.4 is 5.32 Å². The summed E-state index contributed by atoms with van der Waals surface area (Å²) in [6.45, 7) is 0. The van der Waals surface area contributed by atoms with Crippen LogP contribution in [0.2, 0.25) is 0 Å². The number of anilines is 1. The van der Waals surface area contributed by atoms with Gasteiger partial charge in [0, 0.05) is 24.4 Å². The fourth-order valence-electron chi connectivity index (χ4n) is 1.61. The van der Waals surface area contributed by atoms with Crippen LogP contribution in [0, 0.1) is 0 Å². The van der Waals surface area contributed by atoms with Gasteiger partial charge in [0.05, 0.1) is 12.1 Å². The third kappa shape index (κ3) is 4.87. The molecule has 1 amide bonds. The summed E-state index contributed by atoms with van der Waals surface area (Å²) in [5, 5.41) is 2.32. The number of nitrogens with zero attached hydrogens (tertiary/aromatic N) is 2. The topological polar surface area (TPSA) is 54.9 Å². The first-order valence-electron chi connectivity index (χ1n) is 6.18. The average molecular weight is 295 g/mol. The van der Waals surface area contributed by atoms with Gasteiger partial charge in [-0.15, -0.1) is 0 Å². The first-order chi connectivity index (χ1) is 9.94. The predicted molar refractivity (Wildman–Crippen MR) is 71.4 cm³/mol. The molecule has 0 radical (unpaired) electrons. The van der Waals surface area contributed by atoms with Crippen molar-refractivity contribution in [3.63, 3.8) is 0 Å². The molecule has 0 aliphatic heterocycles. The Morgan fingerprint density at radius 2 is 1.95 bits per heavy atom. The second-order valence-corrected chi connectivity index (χ2v) is 4.31. The van der Waals surface area contributed by atoms with E-state index in [-0.39, 0.29) is 5.82 Å². The SMILES string of the molecule is O=C(CCC(F)(F)F)Nc1ccc(-c2ccccn2)cn1. The second kappa shape index (κ2) is 6.34. The number of hydrogen-bond donors (Lipinski definition) is 1. The van der Waals surface area contributed by atoms with E-state index in [0.717, 1.165) is 11.3 Å². The van der Waals surface area contributed by atoms with E-state index in [2.05, 4.69) is 15.3 Å². The monoisotopic (exact) mass is 295 g/mol. The van der Waals surface area contributed by atoms with Crippen LogP contribution in [0.3, 0.4) is 0 Å². The maximum Gasteiger partial charge on any atom is 0.389 e. The summed E-state index contributed by atoms with van der Waals surface area (Å²) < 4.78 is 36.0. The molecular weight excluding hydrogens is 283 g/mol. The highest BCUT2D eigenvalue weighted by Gasteiger charge is 2.27. The molecule has 21 heavy (non-hydrogen) atoms. The second-order valence-electron chi connectivity index (χ2n) is 4.31. The normalized spacial score (nSPS) is 11.2. The van der Waals surface area contributed by atoms with Crippen molar-refractivity contribution in [2.45, 2.75) is 19.0 Å². The number of carbonyl (C=O) groups excluding carboxylic acids is 1. The van der Waals surface area contributed by atoms with E-state index < -0.39 is 24.9 Å². The Labute approximate surface area is 119 Å². The van der Waals surface area contributed by atoms with E-state index >= 15 is 0 Å². The number of amides is 1. The van der Waals surface area contributed by atoms with Gasteiger partial charge in [-0.2, -0.15) is 13.2 Å². The number of pyridine rings is 2. The van der Waals surface area contributed by atoms with Gasteiger partial charge in [-0.3, -0.25) is 9.78 Å². The lowest BCUT2D eigenvalue weighted by Crippen LogP contribution is -2.17. The Morgan fingerprint density at radius 1 is 1.14 bits per heavy atom. The first kappa shape index (κ1) is 15.0. The zero-order valence-electron chi connectivity index (χ0n) is 10.9. The van der Waals surface area contributed by atoms with Crippen molar-refractivity contribution in [3.05, 3.63) is 42.7 Å². The molecule has 0 saturated heterocycles. The predicted octanol–water partition coefficient (Wildman–Crippen LogP) is 3.42. The third-order valence-corrected chi connectivity index (χ3v) is 2.63. The molecule has 4 nitrogen and oxygen atoms in total. The molecule has 0 fully saturated rings. The Kier molecular flexibility index (Phi) is 4.52. The van der Waals surface area contributed by atoms with Gasteiger partial charge in [-0.05, 0) is 24.3 Å². The van der Waals surface area contributed by atoms with Crippen molar-refractivity contribution < 1.29 is 18.0 Å². The third-order valence-electron chi connectivity index (χ3n) is 2.63. The Bertz CT molecular complexity index is 597. The summed E-state index contributed by atoms with van der Waals surface area (Å²) in [4.78, 5) is 19.5. The summed E-state index contributed by atoms with van der Waals surface area (Å²) in [6.07, 6.45) is -2.96. The summed E-state index contributed by atoms with van der Waals surface area (Å²) >= 11 is 0. The van der Waals surface area contributed by atoms with Gasteiger partial charge in [0.15, 0.2) is 0 Å². The molecule has 110 valence electrons. The van der Waals surface area contributed by atoms with Crippen molar-refractivity contribution >= 4 is 11.7 Å². The average Bonchev–Trinajstić information content (AvgIpc) is 2.46. The largest absolute Gasteiger partial charge is 0.389 e. The lowest BCUT2D eigenvalue weighted by molar-refractivity contribution is -0.142. The van der Waals surface area contributed by atoms with Gasteiger partial charge in [-0.25, -0.2) is 4.98 Å².